The fraction of sp³-hybridized carbons (Fsp3) is 0.611. The minimum absolute atomic E-state index is 0.112. The van der Waals surface area contributed by atoms with Crippen LogP contribution >= 0.6 is 0 Å². The molecule has 1 amide bonds. The predicted molar refractivity (Wildman–Crippen MR) is 90.4 cm³/mol. The number of nitrogens with two attached hydrogens (primary N) is 1. The van der Waals surface area contributed by atoms with E-state index in [-0.39, 0.29) is 5.91 Å². The van der Waals surface area contributed by atoms with Crippen LogP contribution in [-0.2, 0) is 11.2 Å². The molecule has 0 unspecified atom stereocenters. The molecule has 0 heterocycles. The van der Waals surface area contributed by atoms with Gasteiger partial charge in [-0.15, -0.1) is 0 Å². The average molecular weight is 290 g/mol. The monoisotopic (exact) mass is 290 g/mol. The smallest absolute Gasteiger partial charge is 0.224 e. The van der Waals surface area contributed by atoms with Gasteiger partial charge in [-0.1, -0.05) is 44.7 Å². The summed E-state index contributed by atoms with van der Waals surface area (Å²) in [6.45, 7) is 2.96. The van der Waals surface area contributed by atoms with Crippen molar-refractivity contribution in [1.29, 1.82) is 0 Å². The molecule has 0 aliphatic rings. The first-order valence-electron chi connectivity index (χ1n) is 8.35. The van der Waals surface area contributed by atoms with Crippen molar-refractivity contribution in [3.63, 3.8) is 0 Å². The van der Waals surface area contributed by atoms with Crippen LogP contribution in [0.1, 0.15) is 63.9 Å². The second kappa shape index (κ2) is 11.3. The Kier molecular flexibility index (Phi) is 9.55. The van der Waals surface area contributed by atoms with Crippen LogP contribution in [0.3, 0.4) is 0 Å². The van der Waals surface area contributed by atoms with Crippen LogP contribution in [0, 0.1) is 0 Å². The van der Waals surface area contributed by atoms with Crippen LogP contribution in [0.25, 0.3) is 0 Å². The maximum Gasteiger partial charge on any atom is 0.224 e. The summed E-state index contributed by atoms with van der Waals surface area (Å²) in [7, 11) is 0. The molecule has 0 aromatic heterocycles. The quantitative estimate of drug-likeness (QED) is 0.598. The Morgan fingerprint density at radius 3 is 2.38 bits per heavy atom. The predicted octanol–water partition coefficient (Wildman–Crippen LogP) is 4.27. The van der Waals surface area contributed by atoms with Crippen molar-refractivity contribution >= 4 is 11.6 Å². The summed E-state index contributed by atoms with van der Waals surface area (Å²) in [6, 6.07) is 8.25. The SMILES string of the molecule is CCCCCc1ccc(NC(=O)CCCCCCN)cc1. The van der Waals surface area contributed by atoms with Crippen molar-refractivity contribution in [3.8, 4) is 0 Å². The van der Waals surface area contributed by atoms with Crippen LogP contribution < -0.4 is 11.1 Å². The molecule has 0 bridgehead atoms. The fourth-order valence-electron chi connectivity index (χ4n) is 2.34. The number of benzene rings is 1. The van der Waals surface area contributed by atoms with E-state index in [2.05, 4.69) is 24.4 Å². The Balaban J connectivity index is 2.23. The van der Waals surface area contributed by atoms with E-state index >= 15 is 0 Å². The van der Waals surface area contributed by atoms with Gasteiger partial charge in [0.25, 0.3) is 0 Å². The lowest BCUT2D eigenvalue weighted by atomic mass is 10.1. The molecule has 3 N–H and O–H groups in total. The number of amides is 1. The summed E-state index contributed by atoms with van der Waals surface area (Å²) in [5.74, 6) is 0.112. The molecule has 1 aromatic carbocycles. The normalized spacial score (nSPS) is 10.6. The Labute approximate surface area is 129 Å². The molecule has 1 rings (SSSR count). The zero-order chi connectivity index (χ0) is 15.3. The molecule has 0 atom stereocenters. The highest BCUT2D eigenvalue weighted by atomic mass is 16.1. The van der Waals surface area contributed by atoms with Crippen LogP contribution in [-0.4, -0.2) is 12.5 Å². The van der Waals surface area contributed by atoms with Crippen LogP contribution in [0.2, 0.25) is 0 Å². The molecular weight excluding hydrogens is 260 g/mol. The zero-order valence-electron chi connectivity index (χ0n) is 13.4. The number of carbonyl (C=O) groups excluding carboxylic acids is 1. The standard InChI is InChI=1S/C18H30N2O/c1-2-3-6-9-16-11-13-17(14-12-16)20-18(21)10-7-4-5-8-15-19/h11-14H,2-10,15,19H2,1H3,(H,20,21). The van der Waals surface area contributed by atoms with E-state index < -0.39 is 0 Å². The number of carbonyl (C=O) groups is 1. The van der Waals surface area contributed by atoms with Gasteiger partial charge in [0.1, 0.15) is 0 Å². The third kappa shape index (κ3) is 8.51. The van der Waals surface area contributed by atoms with E-state index in [9.17, 15) is 4.79 Å². The number of unbranched alkanes of at least 4 members (excludes halogenated alkanes) is 5. The largest absolute Gasteiger partial charge is 0.330 e. The summed E-state index contributed by atoms with van der Waals surface area (Å²) in [5, 5.41) is 2.96. The minimum Gasteiger partial charge on any atom is -0.330 e. The van der Waals surface area contributed by atoms with Crippen LogP contribution in [0.4, 0.5) is 5.69 Å². The van der Waals surface area contributed by atoms with Gasteiger partial charge in [-0.2, -0.15) is 0 Å². The van der Waals surface area contributed by atoms with Gasteiger partial charge in [0.05, 0.1) is 0 Å². The Morgan fingerprint density at radius 2 is 1.71 bits per heavy atom. The first-order valence-corrected chi connectivity index (χ1v) is 8.35. The fourth-order valence-corrected chi connectivity index (χ4v) is 2.34. The van der Waals surface area contributed by atoms with E-state index in [0.29, 0.717) is 6.42 Å². The van der Waals surface area contributed by atoms with Crippen molar-refractivity contribution < 1.29 is 4.79 Å². The summed E-state index contributed by atoms with van der Waals surface area (Å²) in [5.41, 5.74) is 7.70. The molecule has 0 aliphatic carbocycles. The van der Waals surface area contributed by atoms with Gasteiger partial charge in [-0.05, 0) is 49.9 Å². The number of hydrogen-bond donors (Lipinski definition) is 2. The molecule has 1 aromatic rings. The minimum atomic E-state index is 0.112. The zero-order valence-corrected chi connectivity index (χ0v) is 13.4. The molecule has 0 radical (unpaired) electrons. The Hall–Kier alpha value is -1.35. The molecule has 3 heteroatoms. The summed E-state index contributed by atoms with van der Waals surface area (Å²) >= 11 is 0. The third-order valence-corrected chi connectivity index (χ3v) is 3.66. The van der Waals surface area contributed by atoms with E-state index in [0.717, 1.165) is 44.3 Å². The van der Waals surface area contributed by atoms with Crippen molar-refractivity contribution in [2.24, 2.45) is 5.73 Å². The van der Waals surface area contributed by atoms with Crippen molar-refractivity contribution in [3.05, 3.63) is 29.8 Å². The van der Waals surface area contributed by atoms with E-state index in [1.807, 2.05) is 12.1 Å². The molecule has 118 valence electrons. The number of aryl methyl sites for hydroxylation is 1. The van der Waals surface area contributed by atoms with Gasteiger partial charge in [-0.3, -0.25) is 4.79 Å². The maximum absolute atomic E-state index is 11.8. The van der Waals surface area contributed by atoms with Crippen molar-refractivity contribution in [1.82, 2.24) is 0 Å². The van der Waals surface area contributed by atoms with Crippen LogP contribution in [0.15, 0.2) is 24.3 Å². The highest BCUT2D eigenvalue weighted by Gasteiger charge is 2.02. The first-order chi connectivity index (χ1) is 10.3. The number of nitrogens with one attached hydrogen (secondary N) is 1. The van der Waals surface area contributed by atoms with Gasteiger partial charge in [-0.25, -0.2) is 0 Å². The van der Waals surface area contributed by atoms with Gasteiger partial charge in [0.15, 0.2) is 0 Å². The number of anilines is 1. The van der Waals surface area contributed by atoms with Gasteiger partial charge < -0.3 is 11.1 Å². The van der Waals surface area contributed by atoms with E-state index in [1.165, 1.54) is 24.8 Å². The Bertz CT molecular complexity index is 387. The molecule has 3 nitrogen and oxygen atoms in total. The molecule has 0 aliphatic heterocycles. The molecule has 0 saturated carbocycles. The highest BCUT2D eigenvalue weighted by molar-refractivity contribution is 5.90. The summed E-state index contributed by atoms with van der Waals surface area (Å²) in [4.78, 5) is 11.8. The van der Waals surface area contributed by atoms with Gasteiger partial charge in [0, 0.05) is 12.1 Å². The lowest BCUT2D eigenvalue weighted by Gasteiger charge is -2.07. The topological polar surface area (TPSA) is 55.1 Å². The molecular formula is C18H30N2O. The Morgan fingerprint density at radius 1 is 1.00 bits per heavy atom. The molecule has 0 saturated heterocycles. The molecule has 21 heavy (non-hydrogen) atoms. The first kappa shape index (κ1) is 17.7. The van der Waals surface area contributed by atoms with Crippen molar-refractivity contribution in [2.75, 3.05) is 11.9 Å². The number of hydrogen-bond acceptors (Lipinski definition) is 2. The molecule has 0 fully saturated rings. The lowest BCUT2D eigenvalue weighted by Crippen LogP contribution is -2.11. The van der Waals surface area contributed by atoms with Gasteiger partial charge >= 0.3 is 0 Å². The van der Waals surface area contributed by atoms with Gasteiger partial charge in [0.2, 0.25) is 5.91 Å². The maximum atomic E-state index is 11.8. The molecule has 0 spiro atoms. The highest BCUT2D eigenvalue weighted by Crippen LogP contribution is 2.13. The lowest BCUT2D eigenvalue weighted by molar-refractivity contribution is -0.116. The summed E-state index contributed by atoms with van der Waals surface area (Å²) < 4.78 is 0. The number of rotatable bonds is 11. The average Bonchev–Trinajstić information content (AvgIpc) is 2.49. The van der Waals surface area contributed by atoms with Crippen LogP contribution in [0.5, 0.6) is 0 Å². The second-order valence-corrected chi connectivity index (χ2v) is 5.66. The summed E-state index contributed by atoms with van der Waals surface area (Å²) in [6.07, 6.45) is 9.71. The second-order valence-electron chi connectivity index (χ2n) is 5.66. The van der Waals surface area contributed by atoms with Crippen molar-refractivity contribution in [2.45, 2.75) is 64.7 Å². The van der Waals surface area contributed by atoms with E-state index in [1.54, 1.807) is 0 Å². The van der Waals surface area contributed by atoms with E-state index in [4.69, 9.17) is 5.73 Å². The third-order valence-electron chi connectivity index (χ3n) is 3.66.